The summed E-state index contributed by atoms with van der Waals surface area (Å²) in [6.07, 6.45) is 0. The van der Waals surface area contributed by atoms with Gasteiger partial charge in [0.25, 0.3) is 0 Å². The fourth-order valence-corrected chi connectivity index (χ4v) is 5.03. The van der Waals surface area contributed by atoms with E-state index in [0.29, 0.717) is 6.54 Å². The van der Waals surface area contributed by atoms with Gasteiger partial charge in [0.1, 0.15) is 0 Å². The number of thioether (sulfide) groups is 1. The Hall–Kier alpha value is -1.44. The summed E-state index contributed by atoms with van der Waals surface area (Å²) in [5, 5.41) is 2.79. The summed E-state index contributed by atoms with van der Waals surface area (Å²) in [4.78, 5) is 22.4. The maximum atomic E-state index is 11.5. The van der Waals surface area contributed by atoms with Crippen molar-refractivity contribution in [3.05, 3.63) is 35.3 Å². The molecule has 22 heavy (non-hydrogen) atoms. The normalized spacial score (nSPS) is 11.0. The third-order valence-electron chi connectivity index (χ3n) is 3.08. The van der Waals surface area contributed by atoms with Crippen molar-refractivity contribution in [2.75, 3.05) is 11.4 Å². The van der Waals surface area contributed by atoms with Crippen LogP contribution in [0.4, 0.5) is 5.13 Å². The van der Waals surface area contributed by atoms with Gasteiger partial charge in [-0.1, -0.05) is 23.9 Å². The number of hydrogen-bond acceptors (Lipinski definition) is 6. The van der Waals surface area contributed by atoms with E-state index in [4.69, 9.17) is 0 Å². The molecule has 7 heteroatoms. The Kier molecular flexibility index (Phi) is 4.75. The van der Waals surface area contributed by atoms with Crippen molar-refractivity contribution in [1.82, 2.24) is 9.97 Å². The molecule has 0 N–H and O–H groups in total. The van der Waals surface area contributed by atoms with Crippen molar-refractivity contribution in [2.45, 2.75) is 23.9 Å². The first-order valence-electron chi connectivity index (χ1n) is 6.88. The third-order valence-corrected chi connectivity index (χ3v) is 6.21. The Labute approximate surface area is 141 Å². The number of fused-ring (bicyclic) bond motifs is 1. The zero-order valence-corrected chi connectivity index (χ0v) is 14.7. The number of carbonyl (C=O) groups excluding carboxylic acids is 1. The van der Waals surface area contributed by atoms with Crippen LogP contribution in [0.25, 0.3) is 10.2 Å². The molecule has 2 aromatic heterocycles. The van der Waals surface area contributed by atoms with E-state index >= 15 is 0 Å². The van der Waals surface area contributed by atoms with Crippen molar-refractivity contribution in [1.29, 1.82) is 0 Å². The molecule has 0 unspecified atom stereocenters. The van der Waals surface area contributed by atoms with Crippen LogP contribution < -0.4 is 4.90 Å². The van der Waals surface area contributed by atoms with Crippen LogP contribution in [0, 0.1) is 0 Å². The number of para-hydroxylation sites is 1. The van der Waals surface area contributed by atoms with Gasteiger partial charge < -0.3 is 0 Å². The van der Waals surface area contributed by atoms with E-state index in [1.165, 1.54) is 16.0 Å². The van der Waals surface area contributed by atoms with Gasteiger partial charge in [0.05, 0.1) is 15.9 Å². The Morgan fingerprint density at radius 1 is 1.32 bits per heavy atom. The molecule has 0 aliphatic carbocycles. The minimum atomic E-state index is 0.0298. The largest absolute Gasteiger partial charge is 0.289 e. The van der Waals surface area contributed by atoms with Crippen LogP contribution in [0.5, 0.6) is 0 Å². The van der Waals surface area contributed by atoms with E-state index in [-0.39, 0.29) is 5.91 Å². The van der Waals surface area contributed by atoms with E-state index in [9.17, 15) is 4.79 Å². The molecule has 0 saturated carbocycles. The molecular weight excluding hydrogens is 334 g/mol. The molecule has 114 valence electrons. The molecule has 1 amide bonds. The topological polar surface area (TPSA) is 46.1 Å². The van der Waals surface area contributed by atoms with Crippen LogP contribution in [-0.2, 0) is 10.5 Å². The molecular formula is C15H15N3OS3. The smallest absolute Gasteiger partial charge is 0.225 e. The van der Waals surface area contributed by atoms with E-state index in [1.807, 2.05) is 30.5 Å². The summed E-state index contributed by atoms with van der Waals surface area (Å²) >= 11 is 4.90. The second-order valence-corrected chi connectivity index (χ2v) is 7.71. The molecule has 0 atom stereocenters. The van der Waals surface area contributed by atoms with Crippen LogP contribution in [-0.4, -0.2) is 22.4 Å². The number of aromatic nitrogens is 2. The molecule has 0 fully saturated rings. The maximum absolute atomic E-state index is 11.5. The Morgan fingerprint density at radius 3 is 2.86 bits per heavy atom. The number of thiazole rings is 2. The van der Waals surface area contributed by atoms with E-state index in [1.54, 1.807) is 34.9 Å². The molecule has 0 aliphatic rings. The summed E-state index contributed by atoms with van der Waals surface area (Å²) < 4.78 is 2.26. The molecule has 4 nitrogen and oxygen atoms in total. The van der Waals surface area contributed by atoms with Gasteiger partial charge in [-0.05, 0) is 19.1 Å². The highest BCUT2D eigenvalue weighted by atomic mass is 32.2. The molecule has 1 aromatic carbocycles. The predicted octanol–water partition coefficient (Wildman–Crippen LogP) is 4.42. The van der Waals surface area contributed by atoms with Crippen LogP contribution in [0.3, 0.4) is 0 Å². The van der Waals surface area contributed by atoms with E-state index < -0.39 is 0 Å². The molecule has 0 saturated heterocycles. The van der Waals surface area contributed by atoms with Crippen molar-refractivity contribution < 1.29 is 4.79 Å². The molecule has 0 bridgehead atoms. The van der Waals surface area contributed by atoms with Crippen LogP contribution >= 0.6 is 34.4 Å². The molecule has 0 aliphatic heterocycles. The van der Waals surface area contributed by atoms with Crippen molar-refractivity contribution >= 4 is 55.7 Å². The highest BCUT2D eigenvalue weighted by Gasteiger charge is 2.14. The highest BCUT2D eigenvalue weighted by Crippen LogP contribution is 2.32. The molecule has 2 heterocycles. The van der Waals surface area contributed by atoms with E-state index in [0.717, 1.165) is 26.4 Å². The molecule has 0 radical (unpaired) electrons. The number of rotatable bonds is 5. The maximum Gasteiger partial charge on any atom is 0.225 e. The monoisotopic (exact) mass is 349 g/mol. The summed E-state index contributed by atoms with van der Waals surface area (Å²) in [7, 11) is 0. The average Bonchev–Trinajstić information content (AvgIpc) is 3.11. The third kappa shape index (κ3) is 3.31. The second kappa shape index (κ2) is 6.76. The number of amides is 1. The van der Waals surface area contributed by atoms with E-state index in [2.05, 4.69) is 16.0 Å². The molecule has 3 rings (SSSR count). The Balaban J connectivity index is 1.69. The van der Waals surface area contributed by atoms with Gasteiger partial charge in [0.2, 0.25) is 5.91 Å². The van der Waals surface area contributed by atoms with Crippen LogP contribution in [0.2, 0.25) is 0 Å². The lowest BCUT2D eigenvalue weighted by Crippen LogP contribution is -2.27. The molecule has 3 aromatic rings. The Bertz CT molecular complexity index is 763. The quantitative estimate of drug-likeness (QED) is 0.640. The van der Waals surface area contributed by atoms with Crippen molar-refractivity contribution in [3.63, 3.8) is 0 Å². The summed E-state index contributed by atoms with van der Waals surface area (Å²) in [5.41, 5.74) is 2.03. The minimum Gasteiger partial charge on any atom is -0.289 e. The fraction of sp³-hybridized carbons (Fsp3) is 0.267. The number of nitrogens with zero attached hydrogens (tertiary/aromatic N) is 3. The van der Waals surface area contributed by atoms with Gasteiger partial charge in [0, 0.05) is 24.6 Å². The first-order valence-corrected chi connectivity index (χ1v) is 9.56. The van der Waals surface area contributed by atoms with Crippen LogP contribution in [0.15, 0.2) is 34.0 Å². The van der Waals surface area contributed by atoms with Gasteiger partial charge in [-0.15, -0.1) is 22.7 Å². The van der Waals surface area contributed by atoms with Gasteiger partial charge in [-0.2, -0.15) is 0 Å². The number of anilines is 1. The summed E-state index contributed by atoms with van der Waals surface area (Å²) in [6, 6.07) is 8.15. The van der Waals surface area contributed by atoms with Gasteiger partial charge in [0.15, 0.2) is 9.47 Å². The minimum absolute atomic E-state index is 0.0298. The first kappa shape index (κ1) is 15.5. The van der Waals surface area contributed by atoms with Crippen molar-refractivity contribution in [3.8, 4) is 0 Å². The fourth-order valence-electron chi connectivity index (χ4n) is 2.03. The standard InChI is InChI=1S/C15H15N3OS3/c1-3-18(10(2)19)14-16-11(8-20-14)9-21-15-17-12-6-4-5-7-13(12)22-15/h4-8H,3,9H2,1-2H3. The number of benzene rings is 1. The zero-order chi connectivity index (χ0) is 15.5. The predicted molar refractivity (Wildman–Crippen MR) is 95.0 cm³/mol. The van der Waals surface area contributed by atoms with Gasteiger partial charge in [-0.3, -0.25) is 9.69 Å². The number of hydrogen-bond donors (Lipinski definition) is 0. The second-order valence-electron chi connectivity index (χ2n) is 4.62. The summed E-state index contributed by atoms with van der Waals surface area (Å²) in [5.74, 6) is 0.799. The van der Waals surface area contributed by atoms with Gasteiger partial charge in [-0.25, -0.2) is 9.97 Å². The average molecular weight is 350 g/mol. The lowest BCUT2D eigenvalue weighted by molar-refractivity contribution is -0.116. The van der Waals surface area contributed by atoms with Gasteiger partial charge >= 0.3 is 0 Å². The molecule has 0 spiro atoms. The highest BCUT2D eigenvalue weighted by molar-refractivity contribution is 8.00. The lowest BCUT2D eigenvalue weighted by Gasteiger charge is -2.14. The zero-order valence-electron chi connectivity index (χ0n) is 12.3. The summed E-state index contributed by atoms with van der Waals surface area (Å²) in [6.45, 7) is 4.17. The van der Waals surface area contributed by atoms with Crippen LogP contribution in [0.1, 0.15) is 19.5 Å². The number of carbonyl (C=O) groups is 1. The lowest BCUT2D eigenvalue weighted by atomic mass is 10.3. The Morgan fingerprint density at radius 2 is 2.14 bits per heavy atom. The first-order chi connectivity index (χ1) is 10.7. The SMILES string of the molecule is CCN(C(C)=O)c1nc(CSc2nc3ccccc3s2)cs1. The van der Waals surface area contributed by atoms with Crippen molar-refractivity contribution in [2.24, 2.45) is 0 Å².